The van der Waals surface area contributed by atoms with E-state index in [9.17, 15) is 22.4 Å². The number of likely N-dealkylation sites (N-methyl/N-ethyl adjacent to an activating group) is 1. The Balaban J connectivity index is 1.81. The van der Waals surface area contributed by atoms with Crippen LogP contribution in [-0.4, -0.2) is 44.3 Å². The van der Waals surface area contributed by atoms with Gasteiger partial charge in [0.15, 0.2) is 0 Å². The summed E-state index contributed by atoms with van der Waals surface area (Å²) in [4.78, 5) is 29.1. The molecule has 1 atom stereocenters. The first kappa shape index (κ1) is 33.0. The number of hydrogen-bond donors (Lipinski definition) is 1. The van der Waals surface area contributed by atoms with Gasteiger partial charge in [0.1, 0.15) is 18.4 Å². The molecule has 0 unspecified atom stereocenters. The second kappa shape index (κ2) is 14.7. The molecule has 0 aliphatic rings. The summed E-state index contributed by atoms with van der Waals surface area (Å²) >= 11 is 12.4. The number of nitrogens with zero attached hydrogens (tertiary/aromatic N) is 2. The zero-order valence-corrected chi connectivity index (χ0v) is 26.5. The predicted molar refractivity (Wildman–Crippen MR) is 172 cm³/mol. The number of hydrogen-bond acceptors (Lipinski definition) is 4. The maximum atomic E-state index is 14.3. The summed E-state index contributed by atoms with van der Waals surface area (Å²) in [6.45, 7) is 3.19. The van der Waals surface area contributed by atoms with Gasteiger partial charge in [-0.2, -0.15) is 0 Å². The highest BCUT2D eigenvalue weighted by molar-refractivity contribution is 7.92. The van der Waals surface area contributed by atoms with E-state index in [-0.39, 0.29) is 33.6 Å². The van der Waals surface area contributed by atoms with Crippen LogP contribution in [0.4, 0.5) is 10.1 Å². The van der Waals surface area contributed by atoms with Gasteiger partial charge < -0.3 is 10.2 Å². The molecule has 0 fully saturated rings. The molecule has 11 heteroatoms. The fourth-order valence-corrected chi connectivity index (χ4v) is 6.34. The van der Waals surface area contributed by atoms with Gasteiger partial charge in [-0.1, -0.05) is 83.4 Å². The fraction of sp³-hybridized carbons (Fsp3) is 0.212. The molecule has 1 N–H and O–H groups in total. The molecule has 0 saturated carbocycles. The Morgan fingerprint density at radius 3 is 2.14 bits per heavy atom. The number of benzene rings is 4. The number of carbonyl (C=O) groups excluding carboxylic acids is 2. The number of rotatable bonds is 12. The van der Waals surface area contributed by atoms with Gasteiger partial charge in [0.25, 0.3) is 10.0 Å². The summed E-state index contributed by atoms with van der Waals surface area (Å²) in [5, 5.41) is 3.12. The standard InChI is InChI=1S/C33H32Cl2FN3O4S/c1-3-37-33(41)31(19-24-7-5-4-6-8-24)38(21-25-11-13-26(36)14-12-25)32(40)22-39(27-15-18-29(34)30(35)20-27)44(42,43)28-16-9-23(2)10-17-28/h4-18,20,31H,3,19,21-22H2,1-2H3,(H,37,41)/t31-/m0/s1. The SMILES string of the molecule is CCNC(=O)[C@H](Cc1ccccc1)N(Cc1ccc(F)cc1)C(=O)CN(c1ccc(Cl)c(Cl)c1)S(=O)(=O)c1ccc(C)cc1. The van der Waals surface area contributed by atoms with Gasteiger partial charge in [-0.3, -0.25) is 13.9 Å². The Hall–Kier alpha value is -3.92. The molecule has 0 spiro atoms. The average Bonchev–Trinajstić information content (AvgIpc) is 3.00. The van der Waals surface area contributed by atoms with E-state index in [1.165, 1.54) is 59.5 Å². The molecule has 0 aromatic heterocycles. The molecule has 0 aliphatic heterocycles. The third-order valence-corrected chi connectivity index (χ3v) is 9.49. The van der Waals surface area contributed by atoms with Gasteiger partial charge in [0.05, 0.1) is 20.6 Å². The van der Waals surface area contributed by atoms with Crippen LogP contribution < -0.4 is 9.62 Å². The van der Waals surface area contributed by atoms with E-state index >= 15 is 0 Å². The van der Waals surface area contributed by atoms with Crippen LogP contribution in [0.25, 0.3) is 0 Å². The van der Waals surface area contributed by atoms with Crippen molar-refractivity contribution in [3.05, 3.63) is 130 Å². The Kier molecular flexibility index (Phi) is 11.0. The maximum Gasteiger partial charge on any atom is 0.264 e. The summed E-state index contributed by atoms with van der Waals surface area (Å²) in [5.41, 5.74) is 2.34. The molecule has 4 aromatic carbocycles. The van der Waals surface area contributed by atoms with E-state index in [2.05, 4.69) is 5.32 Å². The molecule has 0 radical (unpaired) electrons. The van der Waals surface area contributed by atoms with Crippen LogP contribution in [0.15, 0.2) is 102 Å². The molecule has 44 heavy (non-hydrogen) atoms. The number of anilines is 1. The molecule has 4 rings (SSSR count). The number of amides is 2. The monoisotopic (exact) mass is 655 g/mol. The van der Waals surface area contributed by atoms with Crippen LogP contribution in [0, 0.1) is 12.7 Å². The van der Waals surface area contributed by atoms with E-state index < -0.39 is 40.2 Å². The molecule has 2 amide bonds. The van der Waals surface area contributed by atoms with Crippen molar-refractivity contribution in [2.75, 3.05) is 17.4 Å². The molecule has 7 nitrogen and oxygen atoms in total. The first-order chi connectivity index (χ1) is 21.0. The quantitative estimate of drug-likeness (QED) is 0.191. The lowest BCUT2D eigenvalue weighted by Gasteiger charge is -2.34. The minimum Gasteiger partial charge on any atom is -0.355 e. The minimum absolute atomic E-state index is 0.0309. The van der Waals surface area contributed by atoms with E-state index in [1.807, 2.05) is 37.3 Å². The second-order valence-electron chi connectivity index (χ2n) is 10.2. The average molecular weight is 657 g/mol. The van der Waals surface area contributed by atoms with Crippen molar-refractivity contribution in [2.45, 2.75) is 37.8 Å². The second-order valence-corrected chi connectivity index (χ2v) is 12.8. The largest absolute Gasteiger partial charge is 0.355 e. The number of halogens is 3. The van der Waals surface area contributed by atoms with Crippen molar-refractivity contribution in [1.29, 1.82) is 0 Å². The first-order valence-electron chi connectivity index (χ1n) is 13.9. The summed E-state index contributed by atoms with van der Waals surface area (Å²) in [6.07, 6.45) is 0.164. The smallest absolute Gasteiger partial charge is 0.264 e. The summed E-state index contributed by atoms with van der Waals surface area (Å²) in [7, 11) is -4.29. The van der Waals surface area contributed by atoms with Crippen molar-refractivity contribution >= 4 is 50.7 Å². The van der Waals surface area contributed by atoms with E-state index in [1.54, 1.807) is 19.1 Å². The van der Waals surface area contributed by atoms with Crippen LogP contribution in [-0.2, 0) is 32.6 Å². The van der Waals surface area contributed by atoms with Gasteiger partial charge in [-0.15, -0.1) is 0 Å². The third kappa shape index (κ3) is 8.16. The molecule has 0 bridgehead atoms. The zero-order valence-electron chi connectivity index (χ0n) is 24.2. The summed E-state index contributed by atoms with van der Waals surface area (Å²) < 4.78 is 42.8. The Morgan fingerprint density at radius 2 is 1.52 bits per heavy atom. The molecule has 0 heterocycles. The maximum absolute atomic E-state index is 14.3. The van der Waals surface area contributed by atoms with Gasteiger partial charge in [-0.05, 0) is 67.4 Å². The van der Waals surface area contributed by atoms with Crippen molar-refractivity contribution in [3.63, 3.8) is 0 Å². The number of carbonyl (C=O) groups is 2. The molecule has 230 valence electrons. The normalized spacial score (nSPS) is 11.9. The highest BCUT2D eigenvalue weighted by Gasteiger charge is 2.34. The van der Waals surface area contributed by atoms with E-state index in [0.717, 1.165) is 15.4 Å². The van der Waals surface area contributed by atoms with Gasteiger partial charge in [-0.25, -0.2) is 12.8 Å². The van der Waals surface area contributed by atoms with Crippen molar-refractivity contribution in [2.24, 2.45) is 0 Å². The van der Waals surface area contributed by atoms with Gasteiger partial charge in [0, 0.05) is 19.5 Å². The van der Waals surface area contributed by atoms with Crippen molar-refractivity contribution in [3.8, 4) is 0 Å². The van der Waals surface area contributed by atoms with Gasteiger partial charge in [0.2, 0.25) is 11.8 Å². The fourth-order valence-electron chi connectivity index (χ4n) is 4.64. The lowest BCUT2D eigenvalue weighted by Crippen LogP contribution is -2.53. The van der Waals surface area contributed by atoms with Crippen LogP contribution >= 0.6 is 23.2 Å². The number of nitrogens with one attached hydrogen (secondary N) is 1. The first-order valence-corrected chi connectivity index (χ1v) is 16.1. The predicted octanol–water partition coefficient (Wildman–Crippen LogP) is 6.41. The van der Waals surface area contributed by atoms with Gasteiger partial charge >= 0.3 is 0 Å². The van der Waals surface area contributed by atoms with Crippen molar-refractivity contribution < 1.29 is 22.4 Å². The Morgan fingerprint density at radius 1 is 0.864 bits per heavy atom. The van der Waals surface area contributed by atoms with Crippen LogP contribution in [0.2, 0.25) is 10.0 Å². The number of aryl methyl sites for hydroxylation is 1. The Labute approximate surface area is 267 Å². The topological polar surface area (TPSA) is 86.8 Å². The molecular weight excluding hydrogens is 624 g/mol. The minimum atomic E-state index is -4.29. The molecule has 0 aliphatic carbocycles. The summed E-state index contributed by atoms with van der Waals surface area (Å²) in [6, 6.07) is 24.3. The zero-order chi connectivity index (χ0) is 31.9. The third-order valence-electron chi connectivity index (χ3n) is 6.97. The highest BCUT2D eigenvalue weighted by Crippen LogP contribution is 2.31. The molecule has 0 saturated heterocycles. The number of sulfonamides is 1. The van der Waals surface area contributed by atoms with Crippen molar-refractivity contribution in [1.82, 2.24) is 10.2 Å². The lowest BCUT2D eigenvalue weighted by atomic mass is 10.0. The van der Waals surface area contributed by atoms with Crippen LogP contribution in [0.3, 0.4) is 0 Å². The van der Waals surface area contributed by atoms with E-state index in [0.29, 0.717) is 12.1 Å². The lowest BCUT2D eigenvalue weighted by molar-refractivity contribution is -0.140. The van der Waals surface area contributed by atoms with E-state index in [4.69, 9.17) is 23.2 Å². The Bertz CT molecular complexity index is 1700. The highest BCUT2D eigenvalue weighted by atomic mass is 35.5. The van der Waals surface area contributed by atoms with Crippen LogP contribution in [0.1, 0.15) is 23.6 Å². The van der Waals surface area contributed by atoms with Crippen LogP contribution in [0.5, 0.6) is 0 Å². The summed E-state index contributed by atoms with van der Waals surface area (Å²) in [5.74, 6) is -1.51. The molecular formula is C33H32Cl2FN3O4S. The molecule has 4 aromatic rings.